The molecular weight excluding hydrogens is 296 g/mol. The van der Waals surface area contributed by atoms with Crippen LogP contribution in [0.4, 0.5) is 5.69 Å². The number of benzene rings is 2. The van der Waals surface area contributed by atoms with Crippen LogP contribution in [0.15, 0.2) is 53.1 Å². The third kappa shape index (κ3) is 2.08. The summed E-state index contributed by atoms with van der Waals surface area (Å²) in [5, 5.41) is 1.97. The predicted octanol–water partition coefficient (Wildman–Crippen LogP) is 5.25. The Hall–Kier alpha value is -3.12. The van der Waals surface area contributed by atoms with E-state index < -0.39 is 0 Å². The van der Waals surface area contributed by atoms with E-state index in [1.54, 1.807) is 6.07 Å². The van der Waals surface area contributed by atoms with Gasteiger partial charge in [-0.3, -0.25) is 0 Å². The van der Waals surface area contributed by atoms with Gasteiger partial charge in [0.25, 0.3) is 0 Å². The van der Waals surface area contributed by atoms with Crippen LogP contribution < -0.4 is 4.57 Å². The van der Waals surface area contributed by atoms with Gasteiger partial charge in [-0.1, -0.05) is 18.2 Å². The van der Waals surface area contributed by atoms with E-state index in [-0.39, 0.29) is 0 Å². The molecule has 0 unspecified atom stereocenters. The lowest BCUT2D eigenvalue weighted by Gasteiger charge is -2.06. The zero-order chi connectivity index (χ0) is 17.7. The van der Waals surface area contributed by atoms with Gasteiger partial charge in [0.15, 0.2) is 11.9 Å². The van der Waals surface area contributed by atoms with Gasteiger partial charge >= 0.3 is 0 Å². The first-order valence-electron chi connectivity index (χ1n) is 8.30. The molecule has 0 radical (unpaired) electrons. The zero-order valence-electron chi connectivity index (χ0n) is 14.8. The summed E-state index contributed by atoms with van der Waals surface area (Å²) in [7, 11) is 1.95. The molecule has 3 heteroatoms. The van der Waals surface area contributed by atoms with Crippen molar-refractivity contribution in [3.63, 3.8) is 0 Å². The molecular formula is C21H17N2O+. The normalized spacial score (nSPS) is 11.7. The monoisotopic (exact) mass is 314 g/mol. The quantitative estimate of drug-likeness (QED) is 0.347. The summed E-state index contributed by atoms with van der Waals surface area (Å²) in [6.07, 6.45) is 1.82. The van der Waals surface area contributed by atoms with Gasteiger partial charge in [-0.2, -0.15) is 0 Å². The van der Waals surface area contributed by atoms with Crippen LogP contribution in [0.3, 0.4) is 0 Å². The van der Waals surface area contributed by atoms with Crippen LogP contribution in [0, 0.1) is 20.4 Å². The smallest absolute Gasteiger partial charge is 0.216 e. The minimum absolute atomic E-state index is 0.516. The van der Waals surface area contributed by atoms with Gasteiger partial charge in [0, 0.05) is 22.9 Å². The maximum absolute atomic E-state index is 8.00. The van der Waals surface area contributed by atoms with Crippen molar-refractivity contribution >= 4 is 27.6 Å². The molecule has 4 aromatic rings. The van der Waals surface area contributed by atoms with Crippen molar-refractivity contribution in [1.29, 1.82) is 0 Å². The van der Waals surface area contributed by atoms with E-state index in [2.05, 4.69) is 23.9 Å². The van der Waals surface area contributed by atoms with Gasteiger partial charge in [0.05, 0.1) is 13.5 Å². The third-order valence-electron chi connectivity index (χ3n) is 4.44. The zero-order valence-corrected chi connectivity index (χ0v) is 13.8. The summed E-state index contributed by atoms with van der Waals surface area (Å²) in [6.45, 7) is 11.2. The van der Waals surface area contributed by atoms with Crippen molar-refractivity contribution in [3.8, 4) is 11.3 Å². The lowest BCUT2D eigenvalue weighted by Crippen LogP contribution is -2.30. The molecule has 0 amide bonds. The minimum atomic E-state index is 0.516. The van der Waals surface area contributed by atoms with E-state index in [1.165, 1.54) is 0 Å². The molecule has 0 saturated carbocycles. The molecule has 0 N–H and O–H groups in total. The fourth-order valence-electron chi connectivity index (χ4n) is 3.18. The maximum Gasteiger partial charge on any atom is 0.216 e. The van der Waals surface area contributed by atoms with Crippen LogP contribution in [0.25, 0.3) is 38.0 Å². The van der Waals surface area contributed by atoms with Gasteiger partial charge in [-0.05, 0) is 37.1 Å². The van der Waals surface area contributed by atoms with Crippen LogP contribution in [-0.4, -0.2) is 0 Å². The second-order valence-corrected chi connectivity index (χ2v) is 6.13. The Labute approximate surface area is 142 Å². The lowest BCUT2D eigenvalue weighted by atomic mass is 10.00. The van der Waals surface area contributed by atoms with Crippen LogP contribution in [0.1, 0.15) is 12.5 Å². The molecule has 116 valence electrons. The second kappa shape index (κ2) is 5.21. The van der Waals surface area contributed by atoms with E-state index in [9.17, 15) is 0 Å². The van der Waals surface area contributed by atoms with Crippen LogP contribution in [-0.2, 0) is 7.05 Å². The van der Waals surface area contributed by atoms with Crippen molar-refractivity contribution in [2.75, 3.05) is 0 Å². The van der Waals surface area contributed by atoms with E-state index in [1.807, 2.05) is 42.9 Å². The number of rotatable bonds is 1. The number of furan rings is 1. The van der Waals surface area contributed by atoms with Gasteiger partial charge < -0.3 is 4.42 Å². The highest BCUT2D eigenvalue weighted by atomic mass is 16.3. The Morgan fingerprint density at radius 2 is 1.96 bits per heavy atom. The first kappa shape index (κ1) is 13.3. The largest absolute Gasteiger partial charge is 0.455 e. The Morgan fingerprint density at radius 1 is 1.12 bits per heavy atom. The number of fused-ring (bicyclic) bond motifs is 3. The van der Waals surface area contributed by atoms with Crippen LogP contribution in [0.5, 0.6) is 0 Å². The maximum atomic E-state index is 8.00. The van der Waals surface area contributed by atoms with Crippen molar-refractivity contribution in [3.05, 3.63) is 71.2 Å². The highest BCUT2D eigenvalue weighted by Gasteiger charge is 2.20. The molecule has 0 aliphatic rings. The number of hydrogen-bond acceptors (Lipinski definition) is 1. The lowest BCUT2D eigenvalue weighted by molar-refractivity contribution is -0.660. The molecule has 2 aromatic carbocycles. The number of nitrogens with zero attached hydrogens (tertiary/aromatic N) is 2. The van der Waals surface area contributed by atoms with E-state index >= 15 is 0 Å². The molecule has 2 heterocycles. The molecule has 24 heavy (non-hydrogen) atoms. The first-order valence-corrected chi connectivity index (χ1v) is 7.80. The summed E-state index contributed by atoms with van der Waals surface area (Å²) >= 11 is 0. The van der Waals surface area contributed by atoms with Crippen LogP contribution in [0.2, 0.25) is 0 Å². The Kier molecular flexibility index (Phi) is 2.89. The van der Waals surface area contributed by atoms with Crippen molar-refractivity contribution in [2.24, 2.45) is 7.05 Å². The molecule has 3 nitrogen and oxygen atoms in total. The Bertz CT molecular complexity index is 1200. The summed E-state index contributed by atoms with van der Waals surface area (Å²) in [4.78, 5) is 3.52. The standard InChI is InChI=1S/C21H17N2O/c1-13-9-10-23(4)18(11-13)20-14(2)5-7-16-17-12-15(22-3)6-8-19(17)24-21(16)20/h5-12H,1-2,4H3/q+1/i9D. The number of hydrogen-bond donors (Lipinski definition) is 0. The van der Waals surface area contributed by atoms with Gasteiger partial charge in [-0.15, -0.1) is 0 Å². The van der Waals surface area contributed by atoms with Crippen molar-refractivity contribution in [1.82, 2.24) is 0 Å². The average molecular weight is 314 g/mol. The minimum Gasteiger partial charge on any atom is -0.455 e. The number of aryl methyl sites for hydroxylation is 3. The molecule has 0 fully saturated rings. The highest BCUT2D eigenvalue weighted by molar-refractivity contribution is 6.10. The SMILES string of the molecule is [2H]c1c[n+](C)c(-c2c(C)ccc3c2oc2ccc([N+]#[C-])cc23)cc1C. The molecule has 0 aliphatic heterocycles. The summed E-state index contributed by atoms with van der Waals surface area (Å²) < 4.78 is 16.1. The molecule has 4 rings (SSSR count). The molecule has 0 bridgehead atoms. The van der Waals surface area contributed by atoms with E-state index in [4.69, 9.17) is 12.4 Å². The summed E-state index contributed by atoms with van der Waals surface area (Å²) in [5.41, 5.74) is 6.30. The Balaban J connectivity index is 2.13. The summed E-state index contributed by atoms with van der Waals surface area (Å²) in [5.74, 6) is 0. The summed E-state index contributed by atoms with van der Waals surface area (Å²) in [6, 6.07) is 12.2. The highest BCUT2D eigenvalue weighted by Crippen LogP contribution is 2.38. The first-order chi connectivity index (χ1) is 12.0. The van der Waals surface area contributed by atoms with Gasteiger partial charge in [0.1, 0.15) is 18.2 Å². The average Bonchev–Trinajstić information content (AvgIpc) is 2.96. The van der Waals surface area contributed by atoms with Crippen molar-refractivity contribution in [2.45, 2.75) is 13.8 Å². The molecule has 0 aliphatic carbocycles. The van der Waals surface area contributed by atoms with E-state index in [0.717, 1.165) is 44.3 Å². The number of aromatic nitrogens is 1. The van der Waals surface area contributed by atoms with Gasteiger partial charge in [-0.25, -0.2) is 9.41 Å². The predicted molar refractivity (Wildman–Crippen MR) is 96.1 cm³/mol. The van der Waals surface area contributed by atoms with Crippen molar-refractivity contribution < 1.29 is 10.4 Å². The fraction of sp³-hybridized carbons (Fsp3) is 0.143. The van der Waals surface area contributed by atoms with E-state index in [0.29, 0.717) is 11.7 Å². The second-order valence-electron chi connectivity index (χ2n) is 6.13. The topological polar surface area (TPSA) is 21.4 Å². The molecule has 0 saturated heterocycles. The van der Waals surface area contributed by atoms with Crippen LogP contribution >= 0.6 is 0 Å². The molecule has 0 spiro atoms. The third-order valence-corrected chi connectivity index (χ3v) is 4.44. The number of pyridine rings is 1. The molecule has 2 aromatic heterocycles. The molecule has 0 atom stereocenters. The Morgan fingerprint density at radius 3 is 2.75 bits per heavy atom. The van der Waals surface area contributed by atoms with Gasteiger partial charge in [0.2, 0.25) is 5.69 Å². The fourth-order valence-corrected chi connectivity index (χ4v) is 3.18.